The average molecular weight is 570 g/mol. The molecule has 0 fully saturated rings. The predicted molar refractivity (Wildman–Crippen MR) is 153 cm³/mol. The van der Waals surface area contributed by atoms with Crippen molar-refractivity contribution in [1.82, 2.24) is 10.2 Å². The van der Waals surface area contributed by atoms with Gasteiger partial charge in [0.15, 0.2) is 0 Å². The molecule has 3 aromatic rings. The smallest absolute Gasteiger partial charge is 0.264 e. The van der Waals surface area contributed by atoms with Gasteiger partial charge in [0.05, 0.1) is 17.2 Å². The summed E-state index contributed by atoms with van der Waals surface area (Å²) in [5.41, 5.74) is 1.02. The van der Waals surface area contributed by atoms with E-state index < -0.39 is 34.3 Å². The Morgan fingerprint density at radius 3 is 2.15 bits per heavy atom. The highest BCUT2D eigenvalue weighted by molar-refractivity contribution is 7.92. The highest BCUT2D eigenvalue weighted by Crippen LogP contribution is 2.27. The van der Waals surface area contributed by atoms with Crippen LogP contribution in [0.3, 0.4) is 0 Å². The van der Waals surface area contributed by atoms with Gasteiger partial charge >= 0.3 is 0 Å². The molecule has 0 heterocycles. The van der Waals surface area contributed by atoms with Crippen molar-refractivity contribution in [3.05, 3.63) is 90.2 Å². The van der Waals surface area contributed by atoms with Crippen LogP contribution in [0.2, 0.25) is 0 Å². The summed E-state index contributed by atoms with van der Waals surface area (Å²) in [5, 5.41) is 2.85. The molecule has 0 aliphatic heterocycles. The molecule has 0 spiro atoms. The normalized spacial score (nSPS) is 11.9. The van der Waals surface area contributed by atoms with Crippen LogP contribution in [0.5, 0.6) is 5.75 Å². The minimum Gasteiger partial charge on any atom is -0.494 e. The van der Waals surface area contributed by atoms with Gasteiger partial charge in [-0.25, -0.2) is 12.8 Å². The van der Waals surface area contributed by atoms with Gasteiger partial charge in [0, 0.05) is 13.1 Å². The van der Waals surface area contributed by atoms with E-state index in [0.29, 0.717) is 25.3 Å². The van der Waals surface area contributed by atoms with Crippen LogP contribution in [-0.4, -0.2) is 50.9 Å². The first-order valence-corrected chi connectivity index (χ1v) is 14.8. The summed E-state index contributed by atoms with van der Waals surface area (Å²) in [5.74, 6) is -0.897. The Kier molecular flexibility index (Phi) is 11.1. The van der Waals surface area contributed by atoms with Crippen molar-refractivity contribution in [3.63, 3.8) is 0 Å². The first-order chi connectivity index (χ1) is 19.2. The van der Waals surface area contributed by atoms with Gasteiger partial charge in [-0.2, -0.15) is 0 Å². The number of sulfonamides is 1. The molecule has 1 atom stereocenters. The van der Waals surface area contributed by atoms with E-state index in [1.807, 2.05) is 44.2 Å². The molecule has 2 amide bonds. The van der Waals surface area contributed by atoms with Crippen molar-refractivity contribution in [3.8, 4) is 5.75 Å². The van der Waals surface area contributed by atoms with E-state index in [-0.39, 0.29) is 23.0 Å². The van der Waals surface area contributed by atoms with Gasteiger partial charge in [0.1, 0.15) is 24.2 Å². The summed E-state index contributed by atoms with van der Waals surface area (Å²) >= 11 is 0. The molecule has 3 rings (SSSR count). The number of carbonyl (C=O) groups excluding carboxylic acids is 2. The number of rotatable bonds is 14. The molecular formula is C30H36FN3O5S. The van der Waals surface area contributed by atoms with Crippen molar-refractivity contribution >= 4 is 27.5 Å². The molecule has 0 radical (unpaired) electrons. The highest BCUT2D eigenvalue weighted by atomic mass is 32.2. The van der Waals surface area contributed by atoms with E-state index in [0.717, 1.165) is 40.6 Å². The quantitative estimate of drug-likeness (QED) is 0.302. The lowest BCUT2D eigenvalue weighted by Gasteiger charge is -2.33. The van der Waals surface area contributed by atoms with E-state index >= 15 is 0 Å². The number of ether oxygens (including phenoxy) is 1. The Morgan fingerprint density at radius 1 is 0.925 bits per heavy atom. The fraction of sp³-hybridized carbons (Fsp3) is 0.333. The van der Waals surface area contributed by atoms with E-state index in [1.165, 1.54) is 4.90 Å². The zero-order chi connectivity index (χ0) is 29.1. The number of nitrogens with one attached hydrogen (secondary N) is 1. The Bertz CT molecular complexity index is 1350. The molecule has 0 saturated carbocycles. The molecule has 0 aromatic heterocycles. The van der Waals surface area contributed by atoms with E-state index in [2.05, 4.69) is 5.32 Å². The second-order valence-electron chi connectivity index (χ2n) is 9.11. The van der Waals surface area contributed by atoms with Gasteiger partial charge in [-0.3, -0.25) is 13.9 Å². The Balaban J connectivity index is 2.04. The molecule has 10 heteroatoms. The summed E-state index contributed by atoms with van der Waals surface area (Å²) in [6.07, 6.45) is 1.07. The van der Waals surface area contributed by atoms with Crippen molar-refractivity contribution in [2.45, 2.75) is 51.1 Å². The summed E-state index contributed by atoms with van der Waals surface area (Å²) in [6.45, 7) is 6.01. The van der Waals surface area contributed by atoms with Crippen LogP contribution in [-0.2, 0) is 26.2 Å². The molecule has 0 saturated heterocycles. The molecule has 0 aliphatic carbocycles. The molecule has 0 bridgehead atoms. The van der Waals surface area contributed by atoms with Gasteiger partial charge in [-0.05, 0) is 73.9 Å². The lowest BCUT2D eigenvalue weighted by molar-refractivity contribution is -0.140. The van der Waals surface area contributed by atoms with Gasteiger partial charge < -0.3 is 15.0 Å². The SMILES string of the molecule is CCCNC(=O)[C@@H](CC)N(Cc1ccccc1)C(=O)CN(c1ccc(OCC)cc1)S(=O)(=O)c1ccc(F)cc1. The molecule has 214 valence electrons. The Labute approximate surface area is 235 Å². The fourth-order valence-electron chi connectivity index (χ4n) is 4.20. The van der Waals surface area contributed by atoms with Crippen LogP contribution in [0.15, 0.2) is 83.8 Å². The standard InChI is InChI=1S/C30H36FN3O5S/c1-4-20-32-30(36)28(5-2)33(21-23-10-8-7-9-11-23)29(35)22-34(25-14-16-26(17-15-25)39-6-3)40(37,38)27-18-12-24(31)13-19-27/h7-19,28H,4-6,20-22H2,1-3H3,(H,32,36)/t28-/m1/s1. The van der Waals surface area contributed by atoms with Gasteiger partial charge in [0.25, 0.3) is 10.0 Å². The Morgan fingerprint density at radius 2 is 1.57 bits per heavy atom. The first kappa shape index (κ1) is 30.6. The van der Waals surface area contributed by atoms with Crippen LogP contribution in [0, 0.1) is 5.82 Å². The number of benzene rings is 3. The Hall–Kier alpha value is -3.92. The molecule has 0 unspecified atom stereocenters. The molecular weight excluding hydrogens is 533 g/mol. The van der Waals surface area contributed by atoms with Crippen LogP contribution in [0.25, 0.3) is 0 Å². The summed E-state index contributed by atoms with van der Waals surface area (Å²) in [6, 6.07) is 19.1. The zero-order valence-electron chi connectivity index (χ0n) is 23.0. The minimum atomic E-state index is -4.29. The minimum absolute atomic E-state index is 0.117. The number of hydrogen-bond donors (Lipinski definition) is 1. The number of amides is 2. The third-order valence-electron chi connectivity index (χ3n) is 6.25. The van der Waals surface area contributed by atoms with Crippen molar-refractivity contribution in [1.29, 1.82) is 0 Å². The third kappa shape index (κ3) is 7.81. The zero-order valence-corrected chi connectivity index (χ0v) is 23.9. The van der Waals surface area contributed by atoms with Gasteiger partial charge in [-0.15, -0.1) is 0 Å². The molecule has 40 heavy (non-hydrogen) atoms. The molecule has 3 aromatic carbocycles. The monoisotopic (exact) mass is 569 g/mol. The van der Waals surface area contributed by atoms with E-state index in [1.54, 1.807) is 31.2 Å². The fourth-order valence-corrected chi connectivity index (χ4v) is 5.62. The molecule has 0 aliphatic rings. The van der Waals surface area contributed by atoms with Crippen molar-refractivity contribution in [2.24, 2.45) is 0 Å². The predicted octanol–water partition coefficient (Wildman–Crippen LogP) is 4.75. The maximum atomic E-state index is 14.0. The third-order valence-corrected chi connectivity index (χ3v) is 8.04. The maximum absolute atomic E-state index is 14.0. The second kappa shape index (κ2) is 14.5. The average Bonchev–Trinajstić information content (AvgIpc) is 2.96. The summed E-state index contributed by atoms with van der Waals surface area (Å²) in [7, 11) is -4.29. The maximum Gasteiger partial charge on any atom is 0.264 e. The van der Waals surface area contributed by atoms with E-state index in [4.69, 9.17) is 4.74 Å². The largest absolute Gasteiger partial charge is 0.494 e. The summed E-state index contributed by atoms with van der Waals surface area (Å²) in [4.78, 5) is 28.3. The molecule has 8 nitrogen and oxygen atoms in total. The topological polar surface area (TPSA) is 96.0 Å². The van der Waals surface area contributed by atoms with Crippen LogP contribution in [0.4, 0.5) is 10.1 Å². The lowest BCUT2D eigenvalue weighted by atomic mass is 10.1. The van der Waals surface area contributed by atoms with E-state index in [9.17, 15) is 22.4 Å². The number of anilines is 1. The van der Waals surface area contributed by atoms with Crippen LogP contribution < -0.4 is 14.4 Å². The van der Waals surface area contributed by atoms with Crippen LogP contribution in [0.1, 0.15) is 39.2 Å². The van der Waals surface area contributed by atoms with Crippen LogP contribution >= 0.6 is 0 Å². The van der Waals surface area contributed by atoms with Crippen molar-refractivity contribution in [2.75, 3.05) is 24.0 Å². The second-order valence-corrected chi connectivity index (χ2v) is 11.0. The van der Waals surface area contributed by atoms with Gasteiger partial charge in [0.2, 0.25) is 11.8 Å². The summed E-state index contributed by atoms with van der Waals surface area (Å²) < 4.78 is 47.7. The highest BCUT2D eigenvalue weighted by Gasteiger charge is 2.33. The molecule has 1 N–H and O–H groups in total. The van der Waals surface area contributed by atoms with Crippen molar-refractivity contribution < 1.29 is 27.1 Å². The van der Waals surface area contributed by atoms with Gasteiger partial charge in [-0.1, -0.05) is 44.2 Å². The lowest BCUT2D eigenvalue weighted by Crippen LogP contribution is -2.52. The number of nitrogens with zero attached hydrogens (tertiary/aromatic N) is 2. The number of carbonyl (C=O) groups is 2. The number of halogens is 1. The first-order valence-electron chi connectivity index (χ1n) is 13.3. The number of hydrogen-bond acceptors (Lipinski definition) is 5.